The predicted octanol–water partition coefficient (Wildman–Crippen LogP) is 7.20. The second-order valence-corrected chi connectivity index (χ2v) is 14.2. The Kier molecular flexibility index (Phi) is 16.1. The Morgan fingerprint density at radius 2 is 1.67 bits per heavy atom. The molecule has 292 valence electrons. The highest BCUT2D eigenvalue weighted by Crippen LogP contribution is 2.37. The van der Waals surface area contributed by atoms with Gasteiger partial charge in [-0.3, -0.25) is 19.6 Å². The molecule has 55 heavy (non-hydrogen) atoms. The van der Waals surface area contributed by atoms with E-state index >= 15 is 0 Å². The number of aromatic nitrogens is 1. The van der Waals surface area contributed by atoms with Gasteiger partial charge in [-0.15, -0.1) is 0 Å². The van der Waals surface area contributed by atoms with Gasteiger partial charge in [-0.25, -0.2) is 0 Å². The molecular formula is C43H51ClN4O7. The van der Waals surface area contributed by atoms with Crippen LogP contribution in [0.5, 0.6) is 17.2 Å². The molecule has 2 N–H and O–H groups in total. The van der Waals surface area contributed by atoms with Gasteiger partial charge in [0, 0.05) is 49.2 Å². The monoisotopic (exact) mass is 770 g/mol. The first kappa shape index (κ1) is 41.5. The van der Waals surface area contributed by atoms with Crippen molar-refractivity contribution in [2.45, 2.75) is 65.3 Å². The number of nitriles is 1. The minimum Gasteiger partial charge on any atom is -0.493 e. The number of piperidine rings is 1. The number of halogens is 1. The van der Waals surface area contributed by atoms with E-state index < -0.39 is 0 Å². The third-order valence-electron chi connectivity index (χ3n) is 10.1. The average Bonchev–Trinajstić information content (AvgIpc) is 3.21. The van der Waals surface area contributed by atoms with Gasteiger partial charge in [-0.05, 0) is 92.2 Å². The van der Waals surface area contributed by atoms with Crippen LogP contribution in [0.3, 0.4) is 0 Å². The zero-order valence-electron chi connectivity index (χ0n) is 31.7. The lowest BCUT2D eigenvalue weighted by atomic mass is 9.93. The number of hydrogen-bond acceptors (Lipinski definition) is 10. The van der Waals surface area contributed by atoms with E-state index in [0.717, 1.165) is 83.8 Å². The first-order valence-corrected chi connectivity index (χ1v) is 19.2. The molecule has 1 atom stereocenters. The number of ether oxygens (including phenoxy) is 4. The summed E-state index contributed by atoms with van der Waals surface area (Å²) >= 11 is 6.88. The molecule has 3 heterocycles. The number of benzene rings is 3. The third-order valence-corrected chi connectivity index (χ3v) is 10.4. The lowest BCUT2D eigenvalue weighted by molar-refractivity contribution is -0.122. The summed E-state index contributed by atoms with van der Waals surface area (Å²) in [7, 11) is 0. The molecule has 0 bridgehead atoms. The Balaban J connectivity index is 0.00000187. The van der Waals surface area contributed by atoms with Crippen LogP contribution in [0.15, 0.2) is 67.0 Å². The predicted molar refractivity (Wildman–Crippen MR) is 212 cm³/mol. The molecule has 0 saturated carbocycles. The Hall–Kier alpha value is -4.70. The van der Waals surface area contributed by atoms with E-state index in [-0.39, 0.29) is 25.7 Å². The van der Waals surface area contributed by atoms with Crippen LogP contribution in [0.2, 0.25) is 5.02 Å². The molecule has 0 amide bonds. The van der Waals surface area contributed by atoms with E-state index in [1.54, 1.807) is 18.5 Å². The number of aliphatic hydroxyl groups excluding tert-OH is 1. The zero-order chi connectivity index (χ0) is 39.0. The van der Waals surface area contributed by atoms with Gasteiger partial charge in [0.1, 0.15) is 36.5 Å². The molecule has 4 aromatic rings. The highest BCUT2D eigenvalue weighted by Gasteiger charge is 2.22. The molecule has 0 radical (unpaired) electrons. The van der Waals surface area contributed by atoms with Gasteiger partial charge in [0.2, 0.25) is 0 Å². The number of pyridine rings is 1. The molecule has 2 saturated heterocycles. The molecule has 2 aliphatic rings. The fraction of sp³-hybridized carbons (Fsp3) is 0.419. The largest absolute Gasteiger partial charge is 0.493 e. The van der Waals surface area contributed by atoms with E-state index in [0.29, 0.717) is 48.5 Å². The summed E-state index contributed by atoms with van der Waals surface area (Å²) in [4.78, 5) is 17.3. The minimum absolute atomic E-state index is 0.0604. The van der Waals surface area contributed by atoms with Crippen LogP contribution in [-0.4, -0.2) is 90.1 Å². The Bertz CT molecular complexity index is 1900. The van der Waals surface area contributed by atoms with E-state index in [1.165, 1.54) is 19.3 Å². The van der Waals surface area contributed by atoms with Gasteiger partial charge in [-0.1, -0.05) is 48.4 Å². The van der Waals surface area contributed by atoms with Crippen molar-refractivity contribution in [1.29, 1.82) is 5.26 Å². The van der Waals surface area contributed by atoms with Crippen molar-refractivity contribution in [2.24, 2.45) is 0 Å². The van der Waals surface area contributed by atoms with Crippen LogP contribution in [0.1, 0.15) is 59.1 Å². The number of nitrogens with zero attached hydrogens (tertiary/aromatic N) is 4. The maximum absolute atomic E-state index is 9.68. The lowest BCUT2D eigenvalue weighted by Crippen LogP contribution is -2.47. The second kappa shape index (κ2) is 21.4. The molecule has 1 aromatic heterocycles. The highest BCUT2D eigenvalue weighted by molar-refractivity contribution is 6.32. The normalized spacial score (nSPS) is 16.0. The van der Waals surface area contributed by atoms with Gasteiger partial charge < -0.3 is 29.2 Å². The second-order valence-electron chi connectivity index (χ2n) is 13.8. The third kappa shape index (κ3) is 11.7. The standard InChI is InChI=1S/C42H49ClN4O5.CH2O2/c1-30-34(9-6-10-37(30)38-11-7-12-40(31(38)2)50-17-8-15-47-16-18-49-29-36(47)26-48)28-52-42-21-41(51-27-33-19-32(22-44)23-45-24-33)35(20-39(42)43)25-46-13-4-3-5-14-46;2-1-3/h6-7,9-12,19-21,23-24,36,48H,3-5,8,13-18,25-29H2,1-2H3;1H,(H,2,3). The molecule has 11 nitrogen and oxygen atoms in total. The van der Waals surface area contributed by atoms with Crippen LogP contribution in [0.4, 0.5) is 0 Å². The van der Waals surface area contributed by atoms with E-state index in [2.05, 4.69) is 59.0 Å². The van der Waals surface area contributed by atoms with Gasteiger partial charge in [0.05, 0.1) is 43.1 Å². The number of likely N-dealkylation sites (tertiary alicyclic amines) is 1. The minimum atomic E-state index is -0.250. The first-order chi connectivity index (χ1) is 26.8. The van der Waals surface area contributed by atoms with Crippen molar-refractivity contribution in [1.82, 2.24) is 14.8 Å². The molecular weight excluding hydrogens is 720 g/mol. The van der Waals surface area contributed by atoms with Crippen LogP contribution >= 0.6 is 11.6 Å². The molecule has 2 aliphatic heterocycles. The molecule has 0 aliphatic carbocycles. The summed E-state index contributed by atoms with van der Waals surface area (Å²) in [6.45, 7) is 11.1. The molecule has 12 heteroatoms. The number of morpholine rings is 1. The average molecular weight is 771 g/mol. The van der Waals surface area contributed by atoms with Gasteiger partial charge in [-0.2, -0.15) is 5.26 Å². The Labute approximate surface area is 329 Å². The summed E-state index contributed by atoms with van der Waals surface area (Å²) in [5.41, 5.74) is 7.86. The maximum atomic E-state index is 9.68. The van der Waals surface area contributed by atoms with Crippen molar-refractivity contribution >= 4 is 18.1 Å². The molecule has 1 unspecified atom stereocenters. The number of carboxylic acid groups (broad SMARTS) is 1. The van der Waals surface area contributed by atoms with Crippen LogP contribution < -0.4 is 14.2 Å². The van der Waals surface area contributed by atoms with E-state index in [1.807, 2.05) is 24.3 Å². The van der Waals surface area contributed by atoms with Crippen molar-refractivity contribution in [3.05, 3.63) is 105 Å². The van der Waals surface area contributed by atoms with Crippen LogP contribution in [0.25, 0.3) is 11.1 Å². The van der Waals surface area contributed by atoms with Crippen molar-refractivity contribution in [2.75, 3.05) is 52.6 Å². The van der Waals surface area contributed by atoms with E-state index in [4.69, 9.17) is 40.4 Å². The lowest BCUT2D eigenvalue weighted by Gasteiger charge is -2.34. The summed E-state index contributed by atoms with van der Waals surface area (Å²) in [6, 6.07) is 20.4. The molecule has 0 spiro atoms. The number of rotatable bonds is 15. The Morgan fingerprint density at radius 1 is 0.927 bits per heavy atom. The first-order valence-electron chi connectivity index (χ1n) is 18.8. The zero-order valence-corrected chi connectivity index (χ0v) is 32.5. The Morgan fingerprint density at radius 3 is 2.44 bits per heavy atom. The van der Waals surface area contributed by atoms with Crippen molar-refractivity contribution in [3.8, 4) is 34.4 Å². The van der Waals surface area contributed by atoms with Gasteiger partial charge in [0.25, 0.3) is 6.47 Å². The van der Waals surface area contributed by atoms with Crippen molar-refractivity contribution in [3.63, 3.8) is 0 Å². The summed E-state index contributed by atoms with van der Waals surface area (Å²) in [5, 5.41) is 26.4. The highest BCUT2D eigenvalue weighted by atomic mass is 35.5. The SMILES string of the molecule is Cc1c(COc2cc(OCc3cncc(C#N)c3)c(CN3CCCCC3)cc2Cl)cccc1-c1cccc(OCCCN2CCOCC2CO)c1C.O=CO. The smallest absolute Gasteiger partial charge is 0.290 e. The number of carbonyl (C=O) groups is 1. The maximum Gasteiger partial charge on any atom is 0.290 e. The quantitative estimate of drug-likeness (QED) is 0.0938. The topological polar surface area (TPSA) is 138 Å². The fourth-order valence-corrected chi connectivity index (χ4v) is 7.28. The molecule has 6 rings (SSSR count). The molecule has 2 fully saturated rings. The van der Waals surface area contributed by atoms with Gasteiger partial charge in [0.15, 0.2) is 0 Å². The van der Waals surface area contributed by atoms with Crippen molar-refractivity contribution < 1.29 is 34.0 Å². The summed E-state index contributed by atoms with van der Waals surface area (Å²) in [5.74, 6) is 2.14. The van der Waals surface area contributed by atoms with Crippen LogP contribution in [0, 0.1) is 25.2 Å². The van der Waals surface area contributed by atoms with Crippen LogP contribution in [-0.2, 0) is 29.3 Å². The number of hydrogen-bond donors (Lipinski definition) is 2. The summed E-state index contributed by atoms with van der Waals surface area (Å²) < 4.78 is 24.6. The van der Waals surface area contributed by atoms with E-state index in [9.17, 15) is 10.4 Å². The van der Waals surface area contributed by atoms with Gasteiger partial charge >= 0.3 is 0 Å². The fourth-order valence-electron chi connectivity index (χ4n) is 7.04. The number of aliphatic hydroxyl groups is 1. The summed E-state index contributed by atoms with van der Waals surface area (Å²) in [6.07, 6.45) is 7.78. The molecule has 3 aromatic carbocycles.